The normalized spacial score (nSPS) is 20.5. The molecule has 1 aromatic heterocycles. The lowest BCUT2D eigenvalue weighted by atomic mass is 9.93. The smallest absolute Gasteiger partial charge is 0.226 e. The number of hydrogen-bond acceptors (Lipinski definition) is 4. The van der Waals surface area contributed by atoms with E-state index in [1.165, 1.54) is 17.0 Å². The minimum absolute atomic E-state index is 0.114. The summed E-state index contributed by atoms with van der Waals surface area (Å²) < 4.78 is 18.5. The van der Waals surface area contributed by atoms with Crippen LogP contribution in [0.5, 0.6) is 0 Å². The first kappa shape index (κ1) is 16.2. The Kier molecular flexibility index (Phi) is 4.33. The van der Waals surface area contributed by atoms with Crippen molar-refractivity contribution in [3.63, 3.8) is 0 Å². The number of carbonyl (C=O) groups excluding carboxylic acids is 2. The zero-order valence-electron chi connectivity index (χ0n) is 13.5. The van der Waals surface area contributed by atoms with Gasteiger partial charge < -0.3 is 14.6 Å². The third-order valence-corrected chi connectivity index (χ3v) is 4.22. The van der Waals surface area contributed by atoms with Crippen LogP contribution in [0.4, 0.5) is 4.39 Å². The molecule has 2 atom stereocenters. The topological polar surface area (TPSA) is 75.4 Å². The van der Waals surface area contributed by atoms with Crippen LogP contribution in [0.25, 0.3) is 0 Å². The van der Waals surface area contributed by atoms with Crippen LogP contribution in [0.15, 0.2) is 34.9 Å². The van der Waals surface area contributed by atoms with Crippen molar-refractivity contribution in [2.75, 3.05) is 7.05 Å². The second kappa shape index (κ2) is 6.43. The van der Waals surface area contributed by atoms with Crippen LogP contribution in [-0.4, -0.2) is 28.7 Å². The number of aromatic nitrogens is 1. The molecule has 0 saturated carbocycles. The summed E-state index contributed by atoms with van der Waals surface area (Å²) in [6.07, 6.45) is 1.70. The van der Waals surface area contributed by atoms with Gasteiger partial charge in [0.25, 0.3) is 0 Å². The number of nitrogens with zero attached hydrogens (tertiary/aromatic N) is 2. The molecule has 0 bridgehead atoms. The minimum Gasteiger partial charge on any atom is -0.444 e. The van der Waals surface area contributed by atoms with Gasteiger partial charge >= 0.3 is 0 Å². The Labute approximate surface area is 138 Å². The van der Waals surface area contributed by atoms with Crippen molar-refractivity contribution in [2.45, 2.75) is 25.9 Å². The number of oxazole rings is 1. The largest absolute Gasteiger partial charge is 0.444 e. The van der Waals surface area contributed by atoms with Crippen molar-refractivity contribution < 1.29 is 18.4 Å². The van der Waals surface area contributed by atoms with Gasteiger partial charge in [0.2, 0.25) is 17.7 Å². The van der Waals surface area contributed by atoms with Crippen molar-refractivity contribution in [1.29, 1.82) is 0 Å². The van der Waals surface area contributed by atoms with Crippen molar-refractivity contribution >= 4 is 11.8 Å². The second-order valence-corrected chi connectivity index (χ2v) is 5.89. The van der Waals surface area contributed by atoms with Gasteiger partial charge in [0.05, 0.1) is 24.7 Å². The third kappa shape index (κ3) is 3.15. The summed E-state index contributed by atoms with van der Waals surface area (Å²) in [7, 11) is 1.65. The van der Waals surface area contributed by atoms with Gasteiger partial charge in [0, 0.05) is 13.5 Å². The summed E-state index contributed by atoms with van der Waals surface area (Å²) in [5.41, 5.74) is 0.733. The fourth-order valence-electron chi connectivity index (χ4n) is 3.00. The summed E-state index contributed by atoms with van der Waals surface area (Å²) in [6, 6.07) is 5.46. The number of hydrogen-bond donors (Lipinski definition) is 1. The molecule has 2 heterocycles. The molecule has 126 valence electrons. The van der Waals surface area contributed by atoms with Crippen LogP contribution >= 0.6 is 0 Å². The predicted molar refractivity (Wildman–Crippen MR) is 83.1 cm³/mol. The number of nitrogens with one attached hydrogen (secondary N) is 1. The van der Waals surface area contributed by atoms with E-state index in [4.69, 9.17) is 4.42 Å². The molecule has 6 nitrogen and oxygen atoms in total. The van der Waals surface area contributed by atoms with E-state index < -0.39 is 12.0 Å². The van der Waals surface area contributed by atoms with E-state index in [-0.39, 0.29) is 30.6 Å². The third-order valence-electron chi connectivity index (χ3n) is 4.22. The molecule has 0 aliphatic carbocycles. The molecule has 2 amide bonds. The molecule has 2 aromatic rings. The quantitative estimate of drug-likeness (QED) is 0.929. The average Bonchev–Trinajstić information content (AvgIpc) is 3.10. The highest BCUT2D eigenvalue weighted by Crippen LogP contribution is 2.37. The van der Waals surface area contributed by atoms with Crippen LogP contribution < -0.4 is 5.32 Å². The molecule has 1 aromatic carbocycles. The van der Waals surface area contributed by atoms with E-state index in [0.717, 1.165) is 5.56 Å². The summed E-state index contributed by atoms with van der Waals surface area (Å²) in [5, 5.41) is 2.76. The Bertz CT molecular complexity index is 757. The number of halogens is 1. The fourth-order valence-corrected chi connectivity index (χ4v) is 3.00. The molecule has 1 N–H and O–H groups in total. The van der Waals surface area contributed by atoms with Crippen molar-refractivity contribution in [3.8, 4) is 0 Å². The second-order valence-electron chi connectivity index (χ2n) is 5.89. The molecule has 0 unspecified atom stereocenters. The van der Waals surface area contributed by atoms with Gasteiger partial charge in [-0.25, -0.2) is 9.37 Å². The zero-order chi connectivity index (χ0) is 17.3. The van der Waals surface area contributed by atoms with Crippen molar-refractivity contribution in [3.05, 3.63) is 53.5 Å². The first-order valence-electron chi connectivity index (χ1n) is 7.66. The van der Waals surface area contributed by atoms with Gasteiger partial charge in [0.15, 0.2) is 0 Å². The van der Waals surface area contributed by atoms with Crippen molar-refractivity contribution in [1.82, 2.24) is 15.2 Å². The Hall–Kier alpha value is -2.70. The molecule has 7 heteroatoms. The summed E-state index contributed by atoms with van der Waals surface area (Å²) in [5.74, 6) is -0.180. The van der Waals surface area contributed by atoms with Gasteiger partial charge in [-0.1, -0.05) is 12.1 Å². The molecule has 24 heavy (non-hydrogen) atoms. The van der Waals surface area contributed by atoms with Crippen molar-refractivity contribution in [2.24, 2.45) is 5.92 Å². The van der Waals surface area contributed by atoms with Gasteiger partial charge in [-0.15, -0.1) is 0 Å². The van der Waals surface area contributed by atoms with E-state index in [1.807, 2.05) is 0 Å². The Morgan fingerprint density at radius 2 is 2.12 bits per heavy atom. The molecule has 0 radical (unpaired) electrons. The summed E-state index contributed by atoms with van der Waals surface area (Å²) in [6.45, 7) is 1.94. The summed E-state index contributed by atoms with van der Waals surface area (Å²) in [4.78, 5) is 30.2. The first-order valence-corrected chi connectivity index (χ1v) is 7.66. The monoisotopic (exact) mass is 331 g/mol. The summed E-state index contributed by atoms with van der Waals surface area (Å²) >= 11 is 0. The molecule has 3 rings (SSSR count). The van der Waals surface area contributed by atoms with Crippen LogP contribution in [0, 0.1) is 18.7 Å². The number of likely N-dealkylation sites (tertiary alicyclic amines) is 1. The highest BCUT2D eigenvalue weighted by molar-refractivity contribution is 5.90. The van der Waals surface area contributed by atoms with Crippen LogP contribution in [0.2, 0.25) is 0 Å². The van der Waals surface area contributed by atoms with E-state index in [9.17, 15) is 14.0 Å². The molecule has 1 fully saturated rings. The van der Waals surface area contributed by atoms with E-state index >= 15 is 0 Å². The highest BCUT2D eigenvalue weighted by Gasteiger charge is 2.42. The van der Waals surface area contributed by atoms with Gasteiger partial charge in [-0.05, 0) is 24.6 Å². The fraction of sp³-hybridized carbons (Fsp3) is 0.353. The van der Waals surface area contributed by atoms with Crippen LogP contribution in [0.1, 0.15) is 29.7 Å². The van der Waals surface area contributed by atoms with Crippen LogP contribution in [-0.2, 0) is 16.1 Å². The number of rotatable bonds is 4. The maximum Gasteiger partial charge on any atom is 0.226 e. The zero-order valence-corrected chi connectivity index (χ0v) is 13.5. The predicted octanol–water partition coefficient (Wildman–Crippen LogP) is 1.96. The number of amides is 2. The first-order chi connectivity index (χ1) is 11.5. The minimum atomic E-state index is -0.538. The van der Waals surface area contributed by atoms with Gasteiger partial charge in [0.1, 0.15) is 11.6 Å². The lowest BCUT2D eigenvalue weighted by Gasteiger charge is -2.24. The molecule has 1 aliphatic rings. The van der Waals surface area contributed by atoms with E-state index in [1.54, 1.807) is 32.3 Å². The Morgan fingerprint density at radius 3 is 2.75 bits per heavy atom. The Morgan fingerprint density at radius 1 is 1.42 bits per heavy atom. The number of carbonyl (C=O) groups is 2. The Balaban J connectivity index is 1.75. The highest BCUT2D eigenvalue weighted by atomic mass is 19.1. The van der Waals surface area contributed by atoms with Gasteiger partial charge in [-0.2, -0.15) is 0 Å². The lowest BCUT2D eigenvalue weighted by Crippen LogP contribution is -2.34. The molecular weight excluding hydrogens is 313 g/mol. The maximum absolute atomic E-state index is 13.1. The van der Waals surface area contributed by atoms with Gasteiger partial charge in [-0.3, -0.25) is 9.59 Å². The number of benzene rings is 1. The lowest BCUT2D eigenvalue weighted by molar-refractivity contribution is -0.128. The van der Waals surface area contributed by atoms with E-state index in [2.05, 4.69) is 10.3 Å². The SMILES string of the molecule is Cc1cnc(CNC(=O)[C@H]2CC(=O)N(C)[C@@H]2c2ccc(F)cc2)o1. The molecule has 1 saturated heterocycles. The number of aryl methyl sites for hydroxylation is 1. The standard InChI is InChI=1S/C17H18FN3O3/c1-10-8-19-14(24-10)9-20-17(23)13-7-15(22)21(2)16(13)11-3-5-12(18)6-4-11/h3-6,8,13,16H,7,9H2,1-2H3,(H,20,23)/t13-,16+/m0/s1. The van der Waals surface area contributed by atoms with E-state index in [0.29, 0.717) is 11.7 Å². The maximum atomic E-state index is 13.1. The molecule has 0 spiro atoms. The molecule has 1 aliphatic heterocycles. The average molecular weight is 331 g/mol. The molecular formula is C17H18FN3O3. The van der Waals surface area contributed by atoms with Crippen LogP contribution in [0.3, 0.4) is 0 Å².